The molecule has 0 spiro atoms. The van der Waals surface area contributed by atoms with Crippen molar-refractivity contribution in [1.29, 1.82) is 0 Å². The van der Waals surface area contributed by atoms with E-state index in [0.717, 1.165) is 6.42 Å². The molecule has 108 valence electrons. The third kappa shape index (κ3) is 2.24. The van der Waals surface area contributed by atoms with Gasteiger partial charge in [0.15, 0.2) is 0 Å². The molecule has 2 aliphatic rings. The molecule has 2 fully saturated rings. The van der Waals surface area contributed by atoms with Crippen molar-refractivity contribution < 1.29 is 14.3 Å². The number of amides is 2. The maximum absolute atomic E-state index is 12.8. The van der Waals surface area contributed by atoms with Gasteiger partial charge in [0.1, 0.15) is 11.6 Å². The van der Waals surface area contributed by atoms with Crippen molar-refractivity contribution in [2.45, 2.75) is 58.2 Å². The molecule has 0 saturated carbocycles. The second-order valence-electron chi connectivity index (χ2n) is 6.78. The van der Waals surface area contributed by atoms with Crippen molar-refractivity contribution in [3.63, 3.8) is 0 Å². The van der Waals surface area contributed by atoms with Crippen LogP contribution in [0.1, 0.15) is 41.0 Å². The molecule has 0 radical (unpaired) electrons. The fourth-order valence-corrected chi connectivity index (χ4v) is 3.01. The van der Waals surface area contributed by atoms with Crippen LogP contribution in [0, 0.1) is 5.92 Å². The Kier molecular flexibility index (Phi) is 3.37. The van der Waals surface area contributed by atoms with Crippen molar-refractivity contribution in [3.05, 3.63) is 0 Å². The monoisotopic (exact) mass is 268 g/mol. The first-order valence-electron chi connectivity index (χ1n) is 6.92. The fourth-order valence-electron chi connectivity index (χ4n) is 3.01. The third-order valence-electron chi connectivity index (χ3n) is 4.15. The van der Waals surface area contributed by atoms with Crippen LogP contribution in [0.5, 0.6) is 0 Å². The van der Waals surface area contributed by atoms with Gasteiger partial charge in [0.2, 0.25) is 11.8 Å². The average molecular weight is 268 g/mol. The first-order chi connectivity index (χ1) is 8.69. The number of hydrogen-bond acceptors (Lipinski definition) is 3. The molecule has 2 amide bonds. The molecule has 5 heteroatoms. The van der Waals surface area contributed by atoms with Crippen molar-refractivity contribution in [3.8, 4) is 0 Å². The Balaban J connectivity index is 2.43. The number of hydrogen-bond donors (Lipinski definition) is 1. The van der Waals surface area contributed by atoms with Gasteiger partial charge in [-0.3, -0.25) is 9.59 Å². The number of rotatable bonds is 2. The normalized spacial score (nSPS) is 34.8. The fraction of sp³-hybridized carbons (Fsp3) is 0.857. The Bertz CT molecular complexity index is 397. The highest BCUT2D eigenvalue weighted by atomic mass is 16.5. The number of piperazine rings is 1. The van der Waals surface area contributed by atoms with Crippen molar-refractivity contribution in [1.82, 2.24) is 10.2 Å². The molecule has 1 N–H and O–H groups in total. The largest absolute Gasteiger partial charge is 0.379 e. The quantitative estimate of drug-likeness (QED) is 0.810. The second-order valence-corrected chi connectivity index (χ2v) is 6.78. The summed E-state index contributed by atoms with van der Waals surface area (Å²) in [6.07, 6.45) is 0.783. The van der Waals surface area contributed by atoms with Gasteiger partial charge in [0.05, 0.1) is 12.1 Å². The molecule has 2 unspecified atom stereocenters. The molecule has 0 aromatic rings. The highest BCUT2D eigenvalue weighted by Crippen LogP contribution is 2.34. The summed E-state index contributed by atoms with van der Waals surface area (Å²) in [7, 11) is 0. The standard InChI is InChI=1S/C14H24N2O3/c1-9(2)10-11(17)15-13(3,4)12(18)16(10)14(5)6-7-19-8-14/h9-10H,6-8H2,1-5H3,(H,15,17). The summed E-state index contributed by atoms with van der Waals surface area (Å²) in [4.78, 5) is 26.9. The maximum atomic E-state index is 12.8. The Hall–Kier alpha value is -1.10. The van der Waals surface area contributed by atoms with Gasteiger partial charge < -0.3 is 15.0 Å². The summed E-state index contributed by atoms with van der Waals surface area (Å²) in [5.74, 6) is 0.00370. The molecular formula is C14H24N2O3. The van der Waals surface area contributed by atoms with Crippen LogP contribution in [0.2, 0.25) is 0 Å². The summed E-state index contributed by atoms with van der Waals surface area (Å²) < 4.78 is 5.47. The van der Waals surface area contributed by atoms with Gasteiger partial charge in [-0.15, -0.1) is 0 Å². The van der Waals surface area contributed by atoms with E-state index in [1.165, 1.54) is 0 Å². The molecule has 2 saturated heterocycles. The van der Waals surface area contributed by atoms with Crippen LogP contribution in [0.4, 0.5) is 0 Å². The van der Waals surface area contributed by atoms with Crippen LogP contribution < -0.4 is 5.32 Å². The smallest absolute Gasteiger partial charge is 0.248 e. The van der Waals surface area contributed by atoms with E-state index in [-0.39, 0.29) is 23.3 Å². The zero-order valence-electron chi connectivity index (χ0n) is 12.4. The van der Waals surface area contributed by atoms with Crippen molar-refractivity contribution >= 4 is 11.8 Å². The van der Waals surface area contributed by atoms with E-state index in [2.05, 4.69) is 5.32 Å². The van der Waals surface area contributed by atoms with Gasteiger partial charge in [-0.25, -0.2) is 0 Å². The number of carbonyl (C=O) groups excluding carboxylic acids is 2. The number of carbonyl (C=O) groups is 2. The van der Waals surface area contributed by atoms with Crippen molar-refractivity contribution in [2.75, 3.05) is 13.2 Å². The van der Waals surface area contributed by atoms with Crippen LogP contribution in [-0.2, 0) is 14.3 Å². The van der Waals surface area contributed by atoms with E-state index in [0.29, 0.717) is 13.2 Å². The first-order valence-corrected chi connectivity index (χ1v) is 6.92. The van der Waals surface area contributed by atoms with E-state index < -0.39 is 11.6 Å². The lowest BCUT2D eigenvalue weighted by Crippen LogP contribution is -2.73. The van der Waals surface area contributed by atoms with Gasteiger partial charge >= 0.3 is 0 Å². The Morgan fingerprint density at radius 3 is 2.42 bits per heavy atom. The molecule has 19 heavy (non-hydrogen) atoms. The summed E-state index contributed by atoms with van der Waals surface area (Å²) in [6.45, 7) is 10.6. The lowest BCUT2D eigenvalue weighted by atomic mass is 9.85. The minimum absolute atomic E-state index is 0.0150. The van der Waals surface area contributed by atoms with Gasteiger partial charge in [-0.2, -0.15) is 0 Å². The lowest BCUT2D eigenvalue weighted by Gasteiger charge is -2.51. The topological polar surface area (TPSA) is 58.6 Å². The lowest BCUT2D eigenvalue weighted by molar-refractivity contribution is -0.163. The highest BCUT2D eigenvalue weighted by Gasteiger charge is 2.53. The molecule has 2 rings (SSSR count). The molecule has 0 aromatic heterocycles. The second kappa shape index (κ2) is 4.47. The molecule has 0 bridgehead atoms. The van der Waals surface area contributed by atoms with Gasteiger partial charge in [0, 0.05) is 6.61 Å². The van der Waals surface area contributed by atoms with Crippen LogP contribution >= 0.6 is 0 Å². The van der Waals surface area contributed by atoms with E-state index in [1.807, 2.05) is 20.8 Å². The average Bonchev–Trinajstić information content (AvgIpc) is 2.69. The van der Waals surface area contributed by atoms with E-state index >= 15 is 0 Å². The number of nitrogens with one attached hydrogen (secondary N) is 1. The van der Waals surface area contributed by atoms with Gasteiger partial charge in [-0.05, 0) is 33.1 Å². The first kappa shape index (κ1) is 14.3. The van der Waals surface area contributed by atoms with Gasteiger partial charge in [-0.1, -0.05) is 13.8 Å². The molecule has 0 aliphatic carbocycles. The van der Waals surface area contributed by atoms with Crippen LogP contribution in [0.15, 0.2) is 0 Å². The number of ether oxygens (including phenoxy) is 1. The summed E-state index contributed by atoms with van der Waals surface area (Å²) >= 11 is 0. The van der Waals surface area contributed by atoms with E-state index in [1.54, 1.807) is 18.7 Å². The minimum atomic E-state index is -0.839. The SMILES string of the molecule is CC(C)C1C(=O)NC(C)(C)C(=O)N1C1(C)CCOC1. The maximum Gasteiger partial charge on any atom is 0.248 e. The summed E-state index contributed by atoms with van der Waals surface area (Å²) in [5, 5.41) is 2.84. The summed E-state index contributed by atoms with van der Waals surface area (Å²) in [5.41, 5.74) is -1.21. The molecule has 2 atom stereocenters. The number of nitrogens with zero attached hydrogens (tertiary/aromatic N) is 1. The zero-order chi connectivity index (χ0) is 14.4. The molecule has 2 aliphatic heterocycles. The van der Waals surface area contributed by atoms with E-state index in [4.69, 9.17) is 4.74 Å². The Morgan fingerprint density at radius 2 is 1.95 bits per heavy atom. The van der Waals surface area contributed by atoms with Crippen molar-refractivity contribution in [2.24, 2.45) is 5.92 Å². The van der Waals surface area contributed by atoms with Crippen LogP contribution in [0.25, 0.3) is 0 Å². The predicted molar refractivity (Wildman–Crippen MR) is 71.5 cm³/mol. The summed E-state index contributed by atoms with van der Waals surface area (Å²) in [6, 6.07) is -0.410. The minimum Gasteiger partial charge on any atom is -0.379 e. The molecule has 5 nitrogen and oxygen atoms in total. The Morgan fingerprint density at radius 1 is 1.32 bits per heavy atom. The van der Waals surface area contributed by atoms with E-state index in [9.17, 15) is 9.59 Å². The zero-order valence-corrected chi connectivity index (χ0v) is 12.4. The highest BCUT2D eigenvalue weighted by molar-refractivity contribution is 5.99. The van der Waals surface area contributed by atoms with Crippen LogP contribution in [0.3, 0.4) is 0 Å². The van der Waals surface area contributed by atoms with Crippen LogP contribution in [-0.4, -0.2) is 47.0 Å². The Labute approximate surface area is 114 Å². The predicted octanol–water partition coefficient (Wildman–Crippen LogP) is 0.927. The van der Waals surface area contributed by atoms with Gasteiger partial charge in [0.25, 0.3) is 0 Å². The third-order valence-corrected chi connectivity index (χ3v) is 4.15. The molecule has 2 heterocycles. The molecule has 0 aromatic carbocycles. The molecular weight excluding hydrogens is 244 g/mol.